The second kappa shape index (κ2) is 5.27. The summed E-state index contributed by atoms with van der Waals surface area (Å²) in [5.41, 5.74) is 2.36. The van der Waals surface area contributed by atoms with Gasteiger partial charge in [-0.15, -0.1) is 11.3 Å². The molecule has 0 bridgehead atoms. The summed E-state index contributed by atoms with van der Waals surface area (Å²) in [6.07, 6.45) is 6.08. The second-order valence-corrected chi connectivity index (χ2v) is 7.18. The van der Waals surface area contributed by atoms with Gasteiger partial charge in [0, 0.05) is 36.1 Å². The Kier molecular flexibility index (Phi) is 3.59. The zero-order valence-electron chi connectivity index (χ0n) is 12.9. The Hall–Kier alpha value is -1.66. The largest absolute Gasteiger partial charge is 0.325 e. The molecule has 3 heterocycles. The lowest BCUT2D eigenvalue weighted by Crippen LogP contribution is -2.35. The molecule has 0 fully saturated rings. The number of aromatic nitrogens is 4. The standard InChI is InChI=1S/C15H21N5S/c1-11-16-7-13(8-17-15(2,3)4)20(11)10-12-9-19-5-6-21-14(19)18-12/h5-7,9,17H,8,10H2,1-4H3. The van der Waals surface area contributed by atoms with Crippen molar-refractivity contribution >= 4 is 16.3 Å². The summed E-state index contributed by atoms with van der Waals surface area (Å²) >= 11 is 1.66. The molecule has 0 radical (unpaired) electrons. The Balaban J connectivity index is 1.81. The number of thiazole rings is 1. The summed E-state index contributed by atoms with van der Waals surface area (Å²) in [6.45, 7) is 10.1. The molecule has 112 valence electrons. The van der Waals surface area contributed by atoms with Crippen LogP contribution in [-0.2, 0) is 13.1 Å². The van der Waals surface area contributed by atoms with Gasteiger partial charge in [0.25, 0.3) is 0 Å². The molecule has 0 aromatic carbocycles. The first-order valence-electron chi connectivity index (χ1n) is 7.09. The Morgan fingerprint density at radius 1 is 1.33 bits per heavy atom. The van der Waals surface area contributed by atoms with Crippen molar-refractivity contribution < 1.29 is 0 Å². The molecule has 0 saturated carbocycles. The number of rotatable bonds is 4. The molecule has 6 heteroatoms. The third-order valence-corrected chi connectivity index (χ3v) is 4.17. The van der Waals surface area contributed by atoms with Crippen LogP contribution >= 0.6 is 11.3 Å². The minimum Gasteiger partial charge on any atom is -0.325 e. The van der Waals surface area contributed by atoms with Crippen molar-refractivity contribution in [2.75, 3.05) is 0 Å². The number of fused-ring (bicyclic) bond motifs is 1. The lowest BCUT2D eigenvalue weighted by atomic mass is 10.1. The maximum Gasteiger partial charge on any atom is 0.193 e. The predicted molar refractivity (Wildman–Crippen MR) is 85.7 cm³/mol. The molecule has 5 nitrogen and oxygen atoms in total. The maximum atomic E-state index is 4.65. The third-order valence-electron chi connectivity index (χ3n) is 3.40. The molecule has 3 aromatic rings. The van der Waals surface area contributed by atoms with E-state index in [4.69, 9.17) is 0 Å². The summed E-state index contributed by atoms with van der Waals surface area (Å²) in [5, 5.41) is 5.56. The van der Waals surface area contributed by atoms with Gasteiger partial charge in [-0.2, -0.15) is 0 Å². The van der Waals surface area contributed by atoms with Crippen molar-refractivity contribution in [1.29, 1.82) is 0 Å². The molecular formula is C15H21N5S. The van der Waals surface area contributed by atoms with Crippen LogP contribution in [0.25, 0.3) is 4.96 Å². The fraction of sp³-hybridized carbons (Fsp3) is 0.467. The van der Waals surface area contributed by atoms with Gasteiger partial charge < -0.3 is 9.88 Å². The van der Waals surface area contributed by atoms with Gasteiger partial charge in [-0.05, 0) is 27.7 Å². The Bertz CT molecular complexity index is 715. The lowest BCUT2D eigenvalue weighted by molar-refractivity contribution is 0.416. The monoisotopic (exact) mass is 303 g/mol. The number of nitrogens with zero attached hydrogens (tertiary/aromatic N) is 4. The predicted octanol–water partition coefficient (Wildman–Crippen LogP) is 2.84. The van der Waals surface area contributed by atoms with E-state index < -0.39 is 0 Å². The average Bonchev–Trinajstić information content (AvgIpc) is 3.03. The minimum absolute atomic E-state index is 0.0972. The van der Waals surface area contributed by atoms with E-state index in [1.807, 2.05) is 24.7 Å². The van der Waals surface area contributed by atoms with E-state index >= 15 is 0 Å². The zero-order valence-corrected chi connectivity index (χ0v) is 13.7. The molecule has 0 unspecified atom stereocenters. The minimum atomic E-state index is 0.0972. The van der Waals surface area contributed by atoms with E-state index in [1.54, 1.807) is 11.3 Å². The van der Waals surface area contributed by atoms with Crippen LogP contribution < -0.4 is 5.32 Å². The van der Waals surface area contributed by atoms with Gasteiger partial charge in [0.1, 0.15) is 5.82 Å². The molecule has 0 aliphatic heterocycles. The lowest BCUT2D eigenvalue weighted by Gasteiger charge is -2.21. The van der Waals surface area contributed by atoms with E-state index in [-0.39, 0.29) is 5.54 Å². The number of aryl methyl sites for hydroxylation is 1. The molecule has 0 aliphatic rings. The van der Waals surface area contributed by atoms with Crippen LogP contribution in [0.2, 0.25) is 0 Å². The molecule has 21 heavy (non-hydrogen) atoms. The van der Waals surface area contributed by atoms with Crippen LogP contribution in [-0.4, -0.2) is 24.5 Å². The van der Waals surface area contributed by atoms with Crippen molar-refractivity contribution in [3.8, 4) is 0 Å². The van der Waals surface area contributed by atoms with Gasteiger partial charge in [0.15, 0.2) is 4.96 Å². The number of nitrogens with one attached hydrogen (secondary N) is 1. The molecular weight excluding hydrogens is 282 g/mol. The molecule has 1 N–H and O–H groups in total. The molecule has 0 saturated heterocycles. The molecule has 0 amide bonds. The first kappa shape index (κ1) is 14.3. The Labute approximate surface area is 128 Å². The summed E-state index contributed by atoms with van der Waals surface area (Å²) < 4.78 is 4.30. The van der Waals surface area contributed by atoms with Gasteiger partial charge >= 0.3 is 0 Å². The highest BCUT2D eigenvalue weighted by molar-refractivity contribution is 7.15. The SMILES string of the molecule is Cc1ncc(CNC(C)(C)C)n1Cc1cn2ccsc2n1. The van der Waals surface area contributed by atoms with E-state index in [2.05, 4.69) is 51.2 Å². The van der Waals surface area contributed by atoms with E-state index in [9.17, 15) is 0 Å². The highest BCUT2D eigenvalue weighted by Gasteiger charge is 2.13. The van der Waals surface area contributed by atoms with Crippen molar-refractivity contribution in [1.82, 2.24) is 24.3 Å². The number of imidazole rings is 2. The molecule has 0 aliphatic carbocycles. The average molecular weight is 303 g/mol. The highest BCUT2D eigenvalue weighted by Crippen LogP contribution is 2.15. The van der Waals surface area contributed by atoms with Crippen LogP contribution in [0.3, 0.4) is 0 Å². The fourth-order valence-corrected chi connectivity index (χ4v) is 2.96. The highest BCUT2D eigenvalue weighted by atomic mass is 32.1. The van der Waals surface area contributed by atoms with E-state index in [1.165, 1.54) is 5.69 Å². The smallest absolute Gasteiger partial charge is 0.193 e. The maximum absolute atomic E-state index is 4.65. The molecule has 0 atom stereocenters. The fourth-order valence-electron chi connectivity index (χ4n) is 2.24. The number of hydrogen-bond acceptors (Lipinski definition) is 4. The van der Waals surface area contributed by atoms with Gasteiger partial charge in [0.05, 0.1) is 17.9 Å². The van der Waals surface area contributed by atoms with Crippen molar-refractivity contribution in [2.24, 2.45) is 0 Å². The van der Waals surface area contributed by atoms with E-state index in [0.717, 1.165) is 29.6 Å². The number of hydrogen-bond donors (Lipinski definition) is 1. The normalized spacial score (nSPS) is 12.4. The summed E-state index contributed by atoms with van der Waals surface area (Å²) in [5.74, 6) is 1.03. The first-order chi connectivity index (χ1) is 9.92. The summed E-state index contributed by atoms with van der Waals surface area (Å²) in [7, 11) is 0. The van der Waals surface area contributed by atoms with Crippen LogP contribution in [0.5, 0.6) is 0 Å². The summed E-state index contributed by atoms with van der Waals surface area (Å²) in [6, 6.07) is 0. The zero-order chi connectivity index (χ0) is 15.0. The van der Waals surface area contributed by atoms with Gasteiger partial charge in [-0.3, -0.25) is 4.40 Å². The van der Waals surface area contributed by atoms with Gasteiger partial charge in [0.2, 0.25) is 0 Å². The van der Waals surface area contributed by atoms with Crippen LogP contribution in [0.15, 0.2) is 24.0 Å². The second-order valence-electron chi connectivity index (χ2n) is 6.31. The van der Waals surface area contributed by atoms with Crippen molar-refractivity contribution in [3.05, 3.63) is 41.2 Å². The Morgan fingerprint density at radius 3 is 2.86 bits per heavy atom. The van der Waals surface area contributed by atoms with Crippen LogP contribution in [0, 0.1) is 6.92 Å². The third kappa shape index (κ3) is 3.16. The van der Waals surface area contributed by atoms with E-state index in [0.29, 0.717) is 0 Å². The topological polar surface area (TPSA) is 47.2 Å². The first-order valence-corrected chi connectivity index (χ1v) is 7.97. The molecule has 3 rings (SSSR count). The quantitative estimate of drug-likeness (QED) is 0.806. The Morgan fingerprint density at radius 2 is 2.14 bits per heavy atom. The molecule has 0 spiro atoms. The van der Waals surface area contributed by atoms with Gasteiger partial charge in [-0.1, -0.05) is 0 Å². The van der Waals surface area contributed by atoms with Crippen molar-refractivity contribution in [3.63, 3.8) is 0 Å². The van der Waals surface area contributed by atoms with Crippen LogP contribution in [0.1, 0.15) is 38.0 Å². The van der Waals surface area contributed by atoms with Crippen molar-refractivity contribution in [2.45, 2.75) is 46.3 Å². The molecule has 3 aromatic heterocycles. The van der Waals surface area contributed by atoms with Gasteiger partial charge in [-0.25, -0.2) is 9.97 Å². The summed E-state index contributed by atoms with van der Waals surface area (Å²) in [4.78, 5) is 10.1. The van der Waals surface area contributed by atoms with Crippen LogP contribution in [0.4, 0.5) is 0 Å².